The van der Waals surface area contributed by atoms with E-state index in [1.807, 2.05) is 18.2 Å². The van der Waals surface area contributed by atoms with Gasteiger partial charge in [0.15, 0.2) is 5.78 Å². The molecule has 0 saturated carbocycles. The highest BCUT2D eigenvalue weighted by Crippen LogP contribution is 2.36. The molecule has 1 aliphatic carbocycles. The second-order valence-electron chi connectivity index (χ2n) is 16.5. The predicted molar refractivity (Wildman–Crippen MR) is 265 cm³/mol. The van der Waals surface area contributed by atoms with Crippen molar-refractivity contribution < 1.29 is 4.79 Å². The molecule has 300 valence electrons. The smallest absolute Gasteiger partial charge is 0.193 e. The number of ketones is 1. The van der Waals surface area contributed by atoms with E-state index in [2.05, 4.69) is 231 Å². The monoisotopic (exact) mass is 806 g/mol. The molecule has 1 atom stereocenters. The number of rotatable bonds is 10. The molecule has 0 saturated heterocycles. The van der Waals surface area contributed by atoms with Crippen molar-refractivity contribution in [1.82, 2.24) is 0 Å². The Balaban J connectivity index is 1.07. The Morgan fingerprint density at radius 3 is 0.905 bits per heavy atom. The fourth-order valence-corrected chi connectivity index (χ4v) is 8.79. The van der Waals surface area contributed by atoms with Crippen LogP contribution >= 0.6 is 0 Å². The first-order valence-corrected chi connectivity index (χ1v) is 21.8. The van der Waals surface area contributed by atoms with E-state index in [-0.39, 0.29) is 5.78 Å². The molecule has 0 heterocycles. The molecule has 9 aromatic carbocycles. The average Bonchev–Trinajstić information content (AvgIpc) is 3.37. The lowest BCUT2D eigenvalue weighted by atomic mass is 9.87. The molecule has 0 radical (unpaired) electrons. The van der Waals surface area contributed by atoms with Crippen molar-refractivity contribution >= 4 is 11.4 Å². The van der Waals surface area contributed by atoms with Crippen LogP contribution in [-0.4, -0.2) is 5.78 Å². The zero-order chi connectivity index (χ0) is 42.5. The molecule has 1 heteroatoms. The van der Waals surface area contributed by atoms with Crippen molar-refractivity contribution in [2.24, 2.45) is 5.92 Å². The molecule has 63 heavy (non-hydrogen) atoms. The minimum atomic E-state index is -0.0199. The van der Waals surface area contributed by atoms with Crippen molar-refractivity contribution in [3.63, 3.8) is 0 Å². The topological polar surface area (TPSA) is 17.1 Å². The van der Waals surface area contributed by atoms with E-state index in [0.717, 1.165) is 67.6 Å². The Bertz CT molecular complexity index is 2980. The van der Waals surface area contributed by atoms with Gasteiger partial charge in [0.25, 0.3) is 0 Å². The third kappa shape index (κ3) is 8.55. The third-order valence-electron chi connectivity index (χ3n) is 12.4. The largest absolute Gasteiger partial charge is 0.289 e. The third-order valence-corrected chi connectivity index (χ3v) is 12.4. The fraction of sp³-hybridized carbons (Fsp3) is 0.0484. The second-order valence-corrected chi connectivity index (χ2v) is 16.5. The van der Waals surface area contributed by atoms with Gasteiger partial charge in [-0.25, -0.2) is 0 Å². The maximum absolute atomic E-state index is 15.2. The summed E-state index contributed by atoms with van der Waals surface area (Å²) in [6, 6.07) is 78.8. The highest BCUT2D eigenvalue weighted by Gasteiger charge is 2.18. The number of benzene rings is 9. The summed E-state index contributed by atoms with van der Waals surface area (Å²) >= 11 is 0. The van der Waals surface area contributed by atoms with Crippen LogP contribution in [0.2, 0.25) is 0 Å². The van der Waals surface area contributed by atoms with Crippen LogP contribution in [0.5, 0.6) is 0 Å². The van der Waals surface area contributed by atoms with Gasteiger partial charge in [-0.1, -0.05) is 213 Å². The van der Waals surface area contributed by atoms with Crippen LogP contribution in [-0.2, 0) is 0 Å². The molecule has 0 spiro atoms. The molecule has 0 N–H and O–H groups in total. The molecule has 0 bridgehead atoms. The van der Waals surface area contributed by atoms with Crippen LogP contribution in [0, 0.1) is 5.92 Å². The lowest BCUT2D eigenvalue weighted by Gasteiger charge is -2.18. The highest BCUT2D eigenvalue weighted by atomic mass is 16.1. The van der Waals surface area contributed by atoms with E-state index >= 15 is 4.79 Å². The molecule has 10 rings (SSSR count). The Kier molecular flexibility index (Phi) is 11.0. The maximum Gasteiger partial charge on any atom is 0.193 e. The maximum atomic E-state index is 15.2. The van der Waals surface area contributed by atoms with Crippen molar-refractivity contribution in [3.8, 4) is 77.9 Å². The van der Waals surface area contributed by atoms with Gasteiger partial charge < -0.3 is 0 Å². The minimum absolute atomic E-state index is 0.0199. The van der Waals surface area contributed by atoms with Crippen LogP contribution in [0.1, 0.15) is 34.8 Å². The standard InChI is InChI=1S/C62H46O/c1-43-13-11-12-20-61(43)54-35-33-53(34-36-54)58-38-57(52-31-25-49(26-32-52)46-18-9-4-10-19-46)41-60(42-58)62(63)59-39-55(50-27-21-47(22-28-50)44-14-5-2-6-15-44)37-56(40-59)51-29-23-48(24-30-51)45-16-7-3-8-17-45/h2-12,14-43H,13H2,1H3. The molecule has 0 amide bonds. The number of hydrogen-bond donors (Lipinski definition) is 0. The number of allylic oxidation sites excluding steroid dienone is 4. The van der Waals surface area contributed by atoms with Gasteiger partial charge in [0.1, 0.15) is 0 Å². The van der Waals surface area contributed by atoms with Crippen LogP contribution in [0.4, 0.5) is 0 Å². The van der Waals surface area contributed by atoms with Gasteiger partial charge in [-0.15, -0.1) is 0 Å². The molecular weight excluding hydrogens is 761 g/mol. The summed E-state index contributed by atoms with van der Waals surface area (Å²) in [4.78, 5) is 15.2. The van der Waals surface area contributed by atoms with Gasteiger partial charge in [0.05, 0.1) is 0 Å². The zero-order valence-electron chi connectivity index (χ0n) is 35.3. The Morgan fingerprint density at radius 1 is 0.333 bits per heavy atom. The van der Waals surface area contributed by atoms with Gasteiger partial charge >= 0.3 is 0 Å². The number of carbonyl (C=O) groups is 1. The van der Waals surface area contributed by atoms with E-state index < -0.39 is 0 Å². The van der Waals surface area contributed by atoms with Crippen LogP contribution in [0.3, 0.4) is 0 Å². The lowest BCUT2D eigenvalue weighted by molar-refractivity contribution is 0.103. The van der Waals surface area contributed by atoms with Crippen LogP contribution in [0.25, 0.3) is 83.5 Å². The van der Waals surface area contributed by atoms with Crippen LogP contribution in [0.15, 0.2) is 243 Å². The van der Waals surface area contributed by atoms with E-state index in [1.54, 1.807) is 0 Å². The van der Waals surface area contributed by atoms with Crippen molar-refractivity contribution in [3.05, 3.63) is 259 Å². The average molecular weight is 807 g/mol. The Hall–Kier alpha value is -7.87. The quantitative estimate of drug-likeness (QED) is 0.126. The van der Waals surface area contributed by atoms with Gasteiger partial charge in [-0.3, -0.25) is 4.79 Å². The second kappa shape index (κ2) is 17.6. The number of hydrogen-bond acceptors (Lipinski definition) is 1. The molecular formula is C62H46O. The fourth-order valence-electron chi connectivity index (χ4n) is 8.79. The van der Waals surface area contributed by atoms with Crippen LogP contribution < -0.4 is 0 Å². The summed E-state index contributed by atoms with van der Waals surface area (Å²) in [6.45, 7) is 2.29. The molecule has 1 aliphatic rings. The summed E-state index contributed by atoms with van der Waals surface area (Å²) < 4.78 is 0. The predicted octanol–water partition coefficient (Wildman–Crippen LogP) is 16.6. The first-order valence-electron chi connectivity index (χ1n) is 21.8. The SMILES string of the molecule is CC1CC=CC=C1c1ccc(-c2cc(C(=O)c3cc(-c4ccc(-c5ccccc5)cc4)cc(-c4ccc(-c5ccccc5)cc4)c3)cc(-c3ccc(-c4ccccc4)cc3)c2)cc1. The van der Waals surface area contributed by atoms with E-state index in [0.29, 0.717) is 17.0 Å². The minimum Gasteiger partial charge on any atom is -0.289 e. The lowest BCUT2D eigenvalue weighted by Crippen LogP contribution is -2.04. The number of carbonyl (C=O) groups excluding carboxylic acids is 1. The summed E-state index contributed by atoms with van der Waals surface area (Å²) in [6.07, 6.45) is 7.68. The van der Waals surface area contributed by atoms with Gasteiger partial charge in [-0.2, -0.15) is 0 Å². The van der Waals surface area contributed by atoms with Gasteiger partial charge in [-0.05, 0) is 138 Å². The summed E-state index contributed by atoms with van der Waals surface area (Å²) in [5, 5.41) is 0. The first kappa shape index (κ1) is 39.3. The Morgan fingerprint density at radius 2 is 0.603 bits per heavy atom. The zero-order valence-corrected chi connectivity index (χ0v) is 35.3. The molecule has 0 fully saturated rings. The normalized spacial score (nSPS) is 13.3. The van der Waals surface area contributed by atoms with Gasteiger partial charge in [0.2, 0.25) is 0 Å². The summed E-state index contributed by atoms with van der Waals surface area (Å²) in [5.74, 6) is 0.449. The molecule has 0 aliphatic heterocycles. The summed E-state index contributed by atoms with van der Waals surface area (Å²) in [7, 11) is 0. The first-order chi connectivity index (χ1) is 31.0. The summed E-state index contributed by atoms with van der Waals surface area (Å²) in [5.41, 5.74) is 19.1. The molecule has 9 aromatic rings. The molecule has 0 aromatic heterocycles. The van der Waals surface area contributed by atoms with Crippen molar-refractivity contribution in [2.75, 3.05) is 0 Å². The highest BCUT2D eigenvalue weighted by molar-refractivity contribution is 6.11. The van der Waals surface area contributed by atoms with E-state index in [9.17, 15) is 0 Å². The van der Waals surface area contributed by atoms with Crippen molar-refractivity contribution in [1.29, 1.82) is 0 Å². The van der Waals surface area contributed by atoms with E-state index in [4.69, 9.17) is 0 Å². The molecule has 1 nitrogen and oxygen atoms in total. The van der Waals surface area contributed by atoms with Gasteiger partial charge in [0, 0.05) is 11.1 Å². The Labute approximate surface area is 371 Å². The van der Waals surface area contributed by atoms with Crippen molar-refractivity contribution in [2.45, 2.75) is 13.3 Å². The van der Waals surface area contributed by atoms with E-state index in [1.165, 1.54) is 27.8 Å². The molecule has 1 unspecified atom stereocenters.